The largest absolute Gasteiger partial charge is 0.387 e. The van der Waals surface area contributed by atoms with E-state index in [1.54, 1.807) is 0 Å². The van der Waals surface area contributed by atoms with Crippen molar-refractivity contribution >= 4 is 0 Å². The number of piperidine rings is 2. The third-order valence-electron chi connectivity index (χ3n) is 5.55. The molecule has 1 aromatic carbocycles. The van der Waals surface area contributed by atoms with Crippen LogP contribution < -0.4 is 0 Å². The molecule has 0 aliphatic carbocycles. The van der Waals surface area contributed by atoms with Crippen molar-refractivity contribution in [3.05, 3.63) is 35.9 Å². The summed E-state index contributed by atoms with van der Waals surface area (Å²) in [5.41, 5.74) is 1.04. The summed E-state index contributed by atoms with van der Waals surface area (Å²) in [6, 6.07) is 11.0. The number of aliphatic hydroxyl groups is 1. The molecule has 3 rings (SSSR count). The highest BCUT2D eigenvalue weighted by atomic mass is 16.3. The summed E-state index contributed by atoms with van der Waals surface area (Å²) in [6.45, 7) is 5.67. The second kappa shape index (κ2) is 6.47. The molecule has 21 heavy (non-hydrogen) atoms. The predicted molar refractivity (Wildman–Crippen MR) is 86.2 cm³/mol. The number of benzene rings is 1. The van der Waals surface area contributed by atoms with Gasteiger partial charge in [-0.25, -0.2) is 0 Å². The molecule has 0 aromatic heterocycles. The fourth-order valence-electron chi connectivity index (χ4n) is 4.18. The molecule has 4 atom stereocenters. The number of rotatable bonds is 3. The molecule has 0 radical (unpaired) electrons. The Morgan fingerprint density at radius 2 is 1.90 bits per heavy atom. The molecular weight excluding hydrogens is 260 g/mol. The van der Waals surface area contributed by atoms with Crippen LogP contribution in [0.15, 0.2) is 30.3 Å². The molecule has 3 heteroatoms. The second-order valence-electron chi connectivity index (χ2n) is 6.83. The summed E-state index contributed by atoms with van der Waals surface area (Å²) in [5.74, 6) is 0.780. The molecule has 3 nitrogen and oxygen atoms in total. The minimum atomic E-state index is -0.385. The third kappa shape index (κ3) is 3.15. The van der Waals surface area contributed by atoms with Gasteiger partial charge in [0, 0.05) is 25.2 Å². The molecule has 2 aliphatic rings. The number of nitrogens with zero attached hydrogens (tertiary/aromatic N) is 2. The van der Waals surface area contributed by atoms with Crippen molar-refractivity contribution in [1.82, 2.24) is 9.80 Å². The van der Waals surface area contributed by atoms with Gasteiger partial charge in [-0.3, -0.25) is 4.90 Å². The number of likely N-dealkylation sites (tertiary alicyclic amines) is 2. The van der Waals surface area contributed by atoms with Gasteiger partial charge in [-0.1, -0.05) is 30.3 Å². The van der Waals surface area contributed by atoms with Gasteiger partial charge in [0.05, 0.1) is 6.10 Å². The van der Waals surface area contributed by atoms with Crippen LogP contribution in [0, 0.1) is 5.92 Å². The summed E-state index contributed by atoms with van der Waals surface area (Å²) in [7, 11) is 2.27. The van der Waals surface area contributed by atoms with Crippen LogP contribution in [-0.2, 0) is 0 Å². The molecular formula is C18H28N2O. The smallest absolute Gasteiger partial charge is 0.0942 e. The SMILES string of the molecule is CC(C(O)c1ccccc1)N1CCC2C(CCCN2C)C1. The van der Waals surface area contributed by atoms with E-state index < -0.39 is 0 Å². The number of aliphatic hydroxyl groups excluding tert-OH is 1. The lowest BCUT2D eigenvalue weighted by molar-refractivity contribution is -0.0121. The highest BCUT2D eigenvalue weighted by molar-refractivity contribution is 5.18. The Balaban J connectivity index is 1.65. The molecule has 1 N–H and O–H groups in total. The maximum absolute atomic E-state index is 10.6. The lowest BCUT2D eigenvalue weighted by atomic mass is 9.83. The Morgan fingerprint density at radius 3 is 2.67 bits per heavy atom. The van der Waals surface area contributed by atoms with E-state index in [9.17, 15) is 5.11 Å². The maximum Gasteiger partial charge on any atom is 0.0942 e. The van der Waals surface area contributed by atoms with Crippen molar-refractivity contribution in [1.29, 1.82) is 0 Å². The topological polar surface area (TPSA) is 26.7 Å². The summed E-state index contributed by atoms with van der Waals surface area (Å²) in [6.07, 6.45) is 3.53. The molecule has 116 valence electrons. The third-order valence-corrected chi connectivity index (χ3v) is 5.55. The normalized spacial score (nSPS) is 30.6. The zero-order valence-electron chi connectivity index (χ0n) is 13.3. The zero-order valence-corrected chi connectivity index (χ0v) is 13.3. The van der Waals surface area contributed by atoms with Gasteiger partial charge in [0.2, 0.25) is 0 Å². The fraction of sp³-hybridized carbons (Fsp3) is 0.667. The van der Waals surface area contributed by atoms with Gasteiger partial charge in [0.15, 0.2) is 0 Å². The summed E-state index contributed by atoms with van der Waals surface area (Å²) in [5, 5.41) is 10.6. The van der Waals surface area contributed by atoms with Crippen LogP contribution in [0.3, 0.4) is 0 Å². The highest BCUT2D eigenvalue weighted by Gasteiger charge is 2.36. The van der Waals surface area contributed by atoms with Crippen LogP contribution in [0.25, 0.3) is 0 Å². The summed E-state index contributed by atoms with van der Waals surface area (Å²) < 4.78 is 0. The van der Waals surface area contributed by atoms with E-state index in [4.69, 9.17) is 0 Å². The number of hydrogen-bond donors (Lipinski definition) is 1. The fourth-order valence-corrected chi connectivity index (χ4v) is 4.18. The van der Waals surface area contributed by atoms with Crippen LogP contribution in [0.5, 0.6) is 0 Å². The summed E-state index contributed by atoms with van der Waals surface area (Å²) in [4.78, 5) is 5.04. The predicted octanol–water partition coefficient (Wildman–Crippen LogP) is 2.52. The molecule has 2 fully saturated rings. The maximum atomic E-state index is 10.6. The van der Waals surface area contributed by atoms with Crippen molar-refractivity contribution in [3.8, 4) is 0 Å². The molecule has 2 heterocycles. The van der Waals surface area contributed by atoms with Gasteiger partial charge in [-0.2, -0.15) is 0 Å². The molecule has 0 amide bonds. The van der Waals surface area contributed by atoms with Gasteiger partial charge in [-0.05, 0) is 51.3 Å². The Bertz CT molecular complexity index is 450. The van der Waals surface area contributed by atoms with Gasteiger partial charge in [-0.15, -0.1) is 0 Å². The lowest BCUT2D eigenvalue weighted by Crippen LogP contribution is -2.55. The van der Waals surface area contributed by atoms with Crippen molar-refractivity contribution in [3.63, 3.8) is 0 Å². The first-order valence-electron chi connectivity index (χ1n) is 8.34. The van der Waals surface area contributed by atoms with Gasteiger partial charge >= 0.3 is 0 Å². The zero-order chi connectivity index (χ0) is 14.8. The minimum absolute atomic E-state index is 0.195. The average molecular weight is 288 g/mol. The van der Waals surface area contributed by atoms with E-state index in [0.717, 1.165) is 30.6 Å². The Kier molecular flexibility index (Phi) is 4.63. The van der Waals surface area contributed by atoms with Gasteiger partial charge in [0.25, 0.3) is 0 Å². The Morgan fingerprint density at radius 1 is 1.14 bits per heavy atom. The molecule has 2 saturated heterocycles. The van der Waals surface area contributed by atoms with Crippen molar-refractivity contribution in [2.45, 2.75) is 44.4 Å². The van der Waals surface area contributed by atoms with E-state index >= 15 is 0 Å². The first-order chi connectivity index (χ1) is 10.2. The first-order valence-corrected chi connectivity index (χ1v) is 8.34. The molecule has 0 saturated carbocycles. The quantitative estimate of drug-likeness (QED) is 0.926. The van der Waals surface area contributed by atoms with Crippen molar-refractivity contribution in [2.24, 2.45) is 5.92 Å². The molecule has 4 unspecified atom stereocenters. The van der Waals surface area contributed by atoms with Crippen LogP contribution >= 0.6 is 0 Å². The van der Waals surface area contributed by atoms with Gasteiger partial charge < -0.3 is 10.0 Å². The van der Waals surface area contributed by atoms with E-state index in [1.807, 2.05) is 30.3 Å². The van der Waals surface area contributed by atoms with Crippen LogP contribution in [0.1, 0.15) is 37.9 Å². The van der Waals surface area contributed by atoms with Gasteiger partial charge in [0.1, 0.15) is 0 Å². The summed E-state index contributed by atoms with van der Waals surface area (Å²) >= 11 is 0. The van der Waals surface area contributed by atoms with Crippen LogP contribution in [-0.4, -0.2) is 53.7 Å². The standard InChI is InChI=1S/C18H28N2O/c1-14(18(21)15-7-4-3-5-8-15)20-12-10-17-16(13-20)9-6-11-19(17)2/h3-5,7-8,14,16-18,21H,6,9-13H2,1-2H3. The monoisotopic (exact) mass is 288 g/mol. The highest BCUT2D eigenvalue weighted by Crippen LogP contribution is 2.32. The minimum Gasteiger partial charge on any atom is -0.387 e. The Labute approximate surface area is 128 Å². The Hall–Kier alpha value is -0.900. The molecule has 0 bridgehead atoms. The molecule has 0 spiro atoms. The average Bonchev–Trinajstić information content (AvgIpc) is 2.54. The number of fused-ring (bicyclic) bond motifs is 1. The van der Waals surface area contributed by atoms with Crippen molar-refractivity contribution in [2.75, 3.05) is 26.7 Å². The van der Waals surface area contributed by atoms with Crippen LogP contribution in [0.2, 0.25) is 0 Å². The molecule has 1 aromatic rings. The van der Waals surface area contributed by atoms with Crippen molar-refractivity contribution < 1.29 is 5.11 Å². The molecule has 2 aliphatic heterocycles. The van der Waals surface area contributed by atoms with E-state index in [0.29, 0.717) is 0 Å². The van der Waals surface area contributed by atoms with Crippen LogP contribution in [0.4, 0.5) is 0 Å². The second-order valence-corrected chi connectivity index (χ2v) is 6.83. The van der Waals surface area contributed by atoms with E-state index in [1.165, 1.54) is 25.8 Å². The number of hydrogen-bond acceptors (Lipinski definition) is 3. The van der Waals surface area contributed by atoms with E-state index in [2.05, 4.69) is 23.8 Å². The van der Waals surface area contributed by atoms with E-state index in [-0.39, 0.29) is 12.1 Å². The lowest BCUT2D eigenvalue weighted by Gasteiger charge is -2.48. The first kappa shape index (κ1) is 15.0.